The molecule has 7 heteroatoms. The molecule has 0 radical (unpaired) electrons. The molecule has 6 nitrogen and oxygen atoms in total. The van der Waals surface area contributed by atoms with Crippen molar-refractivity contribution in [3.05, 3.63) is 60.2 Å². The summed E-state index contributed by atoms with van der Waals surface area (Å²) in [6, 6.07) is 13.0. The number of Topliss-reactive ketones (excluding diaryl/α,β-unsaturated/α-hetero) is 1. The topological polar surface area (TPSA) is 69.0 Å². The van der Waals surface area contributed by atoms with Crippen molar-refractivity contribution < 1.29 is 13.9 Å². The smallest absolute Gasteiger partial charge is 0.219 e. The van der Waals surface area contributed by atoms with Gasteiger partial charge < -0.3 is 4.74 Å². The summed E-state index contributed by atoms with van der Waals surface area (Å²) in [7, 11) is 1.58. The number of ether oxygens (including phenoxy) is 1. The molecule has 0 fully saturated rings. The predicted molar refractivity (Wildman–Crippen MR) is 87.4 cm³/mol. The number of anilines is 1. The van der Waals surface area contributed by atoms with Crippen molar-refractivity contribution in [2.24, 2.45) is 0 Å². The minimum absolute atomic E-state index is 0.158. The van der Waals surface area contributed by atoms with E-state index in [0.29, 0.717) is 17.3 Å². The Morgan fingerprint density at radius 1 is 1.08 bits per heavy atom. The van der Waals surface area contributed by atoms with Crippen LogP contribution in [0.25, 0.3) is 11.4 Å². The average Bonchev–Trinajstić information content (AvgIpc) is 3.01. The molecule has 122 valence electrons. The summed E-state index contributed by atoms with van der Waals surface area (Å²) >= 11 is 0. The van der Waals surface area contributed by atoms with E-state index in [2.05, 4.69) is 15.6 Å². The first kappa shape index (κ1) is 15.7. The first-order valence-electron chi connectivity index (χ1n) is 7.22. The van der Waals surface area contributed by atoms with Gasteiger partial charge in [-0.25, -0.2) is 9.07 Å². The highest BCUT2D eigenvalue weighted by Crippen LogP contribution is 2.22. The van der Waals surface area contributed by atoms with Crippen LogP contribution in [0.1, 0.15) is 17.5 Å². The molecule has 0 bridgehead atoms. The number of hydrogen-bond donors (Lipinski definition) is 1. The van der Waals surface area contributed by atoms with E-state index in [-0.39, 0.29) is 17.4 Å². The zero-order chi connectivity index (χ0) is 17.1. The number of rotatable bonds is 5. The number of ketones is 1. The van der Waals surface area contributed by atoms with Crippen LogP contribution in [-0.4, -0.2) is 27.8 Å². The third-order valence-corrected chi connectivity index (χ3v) is 3.41. The van der Waals surface area contributed by atoms with E-state index >= 15 is 0 Å². The van der Waals surface area contributed by atoms with Crippen LogP contribution in [0, 0.1) is 5.82 Å². The molecule has 0 unspecified atom stereocenters. The van der Waals surface area contributed by atoms with Crippen LogP contribution in [0.2, 0.25) is 0 Å². The Morgan fingerprint density at radius 2 is 1.75 bits per heavy atom. The van der Waals surface area contributed by atoms with E-state index in [1.807, 2.05) is 12.1 Å². The normalized spacial score (nSPS) is 10.5. The molecule has 3 rings (SSSR count). The number of hydrogen-bond acceptors (Lipinski definition) is 5. The van der Waals surface area contributed by atoms with Crippen molar-refractivity contribution in [3.8, 4) is 17.1 Å². The van der Waals surface area contributed by atoms with Crippen LogP contribution in [0.4, 0.5) is 10.1 Å². The fraction of sp³-hybridized carbons (Fsp3) is 0.118. The van der Waals surface area contributed by atoms with Gasteiger partial charge in [-0.15, -0.1) is 10.2 Å². The minimum atomic E-state index is -0.341. The molecule has 1 aromatic heterocycles. The third kappa shape index (κ3) is 3.10. The SMILES string of the molecule is COc1ccc(-c2nnc(C(C)=O)n2Nc2ccc(F)cc2)cc1. The molecule has 0 aliphatic carbocycles. The highest BCUT2D eigenvalue weighted by atomic mass is 19.1. The monoisotopic (exact) mass is 326 g/mol. The second kappa shape index (κ2) is 6.49. The zero-order valence-electron chi connectivity index (χ0n) is 13.2. The number of benzene rings is 2. The highest BCUT2D eigenvalue weighted by molar-refractivity contribution is 5.91. The summed E-state index contributed by atoms with van der Waals surface area (Å²) in [5, 5.41) is 8.04. The molecule has 0 aliphatic heterocycles. The number of methoxy groups -OCH3 is 1. The second-order valence-corrected chi connectivity index (χ2v) is 5.09. The molecule has 0 atom stereocenters. The van der Waals surface area contributed by atoms with Gasteiger partial charge in [0.05, 0.1) is 12.8 Å². The number of carbonyl (C=O) groups is 1. The molecular formula is C17H15FN4O2. The van der Waals surface area contributed by atoms with Crippen LogP contribution in [0.15, 0.2) is 48.5 Å². The fourth-order valence-electron chi connectivity index (χ4n) is 2.20. The van der Waals surface area contributed by atoms with Crippen molar-refractivity contribution >= 4 is 11.5 Å². The van der Waals surface area contributed by atoms with Gasteiger partial charge in [0.25, 0.3) is 0 Å². The van der Waals surface area contributed by atoms with E-state index < -0.39 is 0 Å². The van der Waals surface area contributed by atoms with E-state index in [9.17, 15) is 9.18 Å². The summed E-state index contributed by atoms with van der Waals surface area (Å²) in [6.45, 7) is 1.41. The summed E-state index contributed by atoms with van der Waals surface area (Å²) in [6.07, 6.45) is 0. The first-order chi connectivity index (χ1) is 11.6. The Bertz CT molecular complexity index is 857. The Kier molecular flexibility index (Phi) is 4.24. The maximum Gasteiger partial charge on any atom is 0.219 e. The molecule has 0 saturated heterocycles. The van der Waals surface area contributed by atoms with Gasteiger partial charge in [0, 0.05) is 12.5 Å². The molecule has 3 aromatic rings. The Balaban J connectivity index is 2.03. The largest absolute Gasteiger partial charge is 0.497 e. The van der Waals surface area contributed by atoms with Crippen LogP contribution in [0.3, 0.4) is 0 Å². The third-order valence-electron chi connectivity index (χ3n) is 3.41. The Labute approximate surface area is 137 Å². The van der Waals surface area contributed by atoms with Crippen LogP contribution < -0.4 is 10.2 Å². The van der Waals surface area contributed by atoms with Gasteiger partial charge in [0.15, 0.2) is 11.6 Å². The molecule has 0 aliphatic rings. The maximum atomic E-state index is 13.1. The molecule has 1 N–H and O–H groups in total. The standard InChI is InChI=1S/C17H15FN4O2/c1-11(23)16-19-20-17(12-3-9-15(24-2)10-4-12)22(16)21-14-7-5-13(18)6-8-14/h3-10,21H,1-2H3. The number of halogens is 1. The van der Waals surface area contributed by atoms with E-state index in [0.717, 1.165) is 5.56 Å². The van der Waals surface area contributed by atoms with Gasteiger partial charge in [0.1, 0.15) is 11.6 Å². The summed E-state index contributed by atoms with van der Waals surface area (Å²) in [5.74, 6) is 0.753. The molecular weight excluding hydrogens is 311 g/mol. The number of aromatic nitrogens is 3. The summed E-state index contributed by atoms with van der Waals surface area (Å²) in [5.41, 5.74) is 4.39. The van der Waals surface area contributed by atoms with Gasteiger partial charge in [-0.3, -0.25) is 10.2 Å². The average molecular weight is 326 g/mol. The quantitative estimate of drug-likeness (QED) is 0.729. The molecule has 2 aromatic carbocycles. The van der Waals surface area contributed by atoms with Gasteiger partial charge in [0.2, 0.25) is 5.82 Å². The minimum Gasteiger partial charge on any atom is -0.497 e. The lowest BCUT2D eigenvalue weighted by atomic mass is 10.2. The van der Waals surface area contributed by atoms with Crippen LogP contribution in [0.5, 0.6) is 5.75 Å². The lowest BCUT2D eigenvalue weighted by Crippen LogP contribution is -2.17. The van der Waals surface area contributed by atoms with E-state index in [4.69, 9.17) is 4.74 Å². The lowest BCUT2D eigenvalue weighted by molar-refractivity contribution is 0.100. The number of nitrogens with zero attached hydrogens (tertiary/aromatic N) is 3. The van der Waals surface area contributed by atoms with Gasteiger partial charge in [-0.05, 0) is 48.5 Å². The molecule has 0 saturated carbocycles. The van der Waals surface area contributed by atoms with Gasteiger partial charge >= 0.3 is 0 Å². The Morgan fingerprint density at radius 3 is 2.33 bits per heavy atom. The van der Waals surface area contributed by atoms with Crippen molar-refractivity contribution in [3.63, 3.8) is 0 Å². The van der Waals surface area contributed by atoms with E-state index in [1.165, 1.54) is 23.7 Å². The second-order valence-electron chi connectivity index (χ2n) is 5.09. The molecule has 0 amide bonds. The zero-order valence-corrected chi connectivity index (χ0v) is 13.2. The first-order valence-corrected chi connectivity index (χ1v) is 7.22. The predicted octanol–water partition coefficient (Wildman–Crippen LogP) is 3.17. The highest BCUT2D eigenvalue weighted by Gasteiger charge is 2.17. The van der Waals surface area contributed by atoms with Crippen molar-refractivity contribution in [1.82, 2.24) is 14.9 Å². The van der Waals surface area contributed by atoms with Crippen molar-refractivity contribution in [2.45, 2.75) is 6.92 Å². The van der Waals surface area contributed by atoms with Crippen molar-refractivity contribution in [2.75, 3.05) is 12.5 Å². The summed E-state index contributed by atoms with van der Waals surface area (Å²) < 4.78 is 19.7. The molecule has 24 heavy (non-hydrogen) atoms. The van der Waals surface area contributed by atoms with Crippen molar-refractivity contribution in [1.29, 1.82) is 0 Å². The van der Waals surface area contributed by atoms with Crippen LogP contribution in [-0.2, 0) is 0 Å². The maximum absolute atomic E-state index is 13.1. The number of nitrogens with one attached hydrogen (secondary N) is 1. The van der Waals surface area contributed by atoms with Gasteiger partial charge in [-0.2, -0.15) is 0 Å². The fourth-order valence-corrected chi connectivity index (χ4v) is 2.20. The van der Waals surface area contributed by atoms with Gasteiger partial charge in [-0.1, -0.05) is 0 Å². The molecule has 0 spiro atoms. The number of carbonyl (C=O) groups excluding carboxylic acids is 1. The lowest BCUT2D eigenvalue weighted by Gasteiger charge is -2.12. The summed E-state index contributed by atoms with van der Waals surface area (Å²) in [4.78, 5) is 11.8. The van der Waals surface area contributed by atoms with Crippen LogP contribution >= 0.6 is 0 Å². The molecule has 1 heterocycles. The van der Waals surface area contributed by atoms with E-state index in [1.54, 1.807) is 31.4 Å². The Hall–Kier alpha value is -3.22.